The first-order valence-electron chi connectivity index (χ1n) is 6.00. The summed E-state index contributed by atoms with van der Waals surface area (Å²) in [4.78, 5) is 6.06. The second kappa shape index (κ2) is 5.74. The highest BCUT2D eigenvalue weighted by Gasteiger charge is 2.25. The van der Waals surface area contributed by atoms with E-state index in [9.17, 15) is 8.42 Å². The van der Waals surface area contributed by atoms with Crippen molar-refractivity contribution in [3.8, 4) is 0 Å². The van der Waals surface area contributed by atoms with Crippen molar-refractivity contribution in [3.05, 3.63) is 16.7 Å². The third-order valence-electron chi connectivity index (χ3n) is 3.18. The van der Waals surface area contributed by atoms with Gasteiger partial charge in [-0.3, -0.25) is 0 Å². The smallest absolute Gasteiger partial charge is 0.244 e. The highest BCUT2D eigenvalue weighted by atomic mass is 79.9. The van der Waals surface area contributed by atoms with E-state index in [1.165, 1.54) is 12.3 Å². The molecule has 106 valence electrons. The predicted molar refractivity (Wildman–Crippen MR) is 77.2 cm³/mol. The Bertz CT molecular complexity index is 556. The number of rotatable bonds is 3. The van der Waals surface area contributed by atoms with Crippen LogP contribution in [0.3, 0.4) is 0 Å². The van der Waals surface area contributed by atoms with Crippen LogP contribution in [0.5, 0.6) is 0 Å². The van der Waals surface area contributed by atoms with E-state index in [1.807, 2.05) is 7.05 Å². The molecular formula is C11H17BrN4O2S. The van der Waals surface area contributed by atoms with Crippen molar-refractivity contribution >= 4 is 31.8 Å². The quantitative estimate of drug-likeness (QED) is 0.843. The molecule has 1 aliphatic rings. The Morgan fingerprint density at radius 2 is 2.11 bits per heavy atom. The summed E-state index contributed by atoms with van der Waals surface area (Å²) in [7, 11) is -1.59. The van der Waals surface area contributed by atoms with Crippen molar-refractivity contribution in [2.45, 2.75) is 23.8 Å². The minimum atomic E-state index is -3.62. The summed E-state index contributed by atoms with van der Waals surface area (Å²) >= 11 is 3.20. The zero-order valence-electron chi connectivity index (χ0n) is 10.6. The number of halogens is 1. The maximum absolute atomic E-state index is 12.3. The summed E-state index contributed by atoms with van der Waals surface area (Å²) in [5.74, 6) is 0.0172. The molecule has 1 aromatic heterocycles. The molecule has 2 heterocycles. The van der Waals surface area contributed by atoms with Crippen molar-refractivity contribution in [2.24, 2.45) is 0 Å². The van der Waals surface area contributed by atoms with E-state index >= 15 is 0 Å². The van der Waals surface area contributed by atoms with Crippen LogP contribution in [-0.2, 0) is 10.0 Å². The van der Waals surface area contributed by atoms with Gasteiger partial charge in [-0.1, -0.05) is 0 Å². The molecule has 0 aromatic carbocycles. The second-order valence-electron chi connectivity index (χ2n) is 4.74. The number of hydrogen-bond acceptors (Lipinski definition) is 5. The van der Waals surface area contributed by atoms with Gasteiger partial charge in [0.15, 0.2) is 0 Å². The molecule has 1 fully saturated rings. The second-order valence-corrected chi connectivity index (χ2v) is 7.33. The first-order valence-corrected chi connectivity index (χ1v) is 8.28. The molecule has 0 bridgehead atoms. The number of nitrogens with one attached hydrogen (secondary N) is 1. The zero-order chi connectivity index (χ0) is 14.0. The minimum Gasteiger partial charge on any atom is -0.383 e. The Kier molecular flexibility index (Phi) is 4.44. The van der Waals surface area contributed by atoms with Gasteiger partial charge < -0.3 is 10.6 Å². The number of nitrogens with two attached hydrogens (primary N) is 1. The zero-order valence-corrected chi connectivity index (χ0v) is 13.0. The first-order chi connectivity index (χ1) is 8.88. The molecule has 0 aliphatic carbocycles. The van der Waals surface area contributed by atoms with E-state index in [2.05, 4.69) is 30.5 Å². The van der Waals surface area contributed by atoms with Crippen LogP contribution >= 0.6 is 15.9 Å². The van der Waals surface area contributed by atoms with Crippen LogP contribution in [0.25, 0.3) is 0 Å². The Balaban J connectivity index is 2.16. The van der Waals surface area contributed by atoms with Crippen LogP contribution in [0.1, 0.15) is 12.8 Å². The molecule has 6 nitrogen and oxygen atoms in total. The summed E-state index contributed by atoms with van der Waals surface area (Å²) in [6.07, 6.45) is 3.08. The molecule has 8 heteroatoms. The van der Waals surface area contributed by atoms with Crippen LogP contribution in [0.4, 0.5) is 5.82 Å². The molecule has 0 radical (unpaired) electrons. The van der Waals surface area contributed by atoms with Crippen LogP contribution in [0, 0.1) is 0 Å². The van der Waals surface area contributed by atoms with Gasteiger partial charge in [0.05, 0.1) is 0 Å². The van der Waals surface area contributed by atoms with Crippen LogP contribution in [0.15, 0.2) is 21.6 Å². The molecule has 1 saturated heterocycles. The Morgan fingerprint density at radius 3 is 2.74 bits per heavy atom. The van der Waals surface area contributed by atoms with Crippen molar-refractivity contribution in [1.29, 1.82) is 0 Å². The predicted octanol–water partition coefficient (Wildman–Crippen LogP) is 0.799. The molecule has 19 heavy (non-hydrogen) atoms. The Morgan fingerprint density at radius 1 is 1.47 bits per heavy atom. The van der Waals surface area contributed by atoms with E-state index in [4.69, 9.17) is 5.73 Å². The molecule has 0 saturated carbocycles. The van der Waals surface area contributed by atoms with Gasteiger partial charge in [0.1, 0.15) is 10.7 Å². The summed E-state index contributed by atoms with van der Waals surface area (Å²) in [6.45, 7) is 1.78. The summed E-state index contributed by atoms with van der Waals surface area (Å²) in [6, 6.07) is 1.43. The van der Waals surface area contributed by atoms with Crippen molar-refractivity contribution in [2.75, 3.05) is 25.9 Å². The normalized spacial score (nSPS) is 18.6. The van der Waals surface area contributed by atoms with Gasteiger partial charge in [-0.25, -0.2) is 18.1 Å². The SMILES string of the molecule is CN1CCC(NS(=O)(=O)c2cc(Br)cnc2N)CC1. The largest absolute Gasteiger partial charge is 0.383 e. The lowest BCUT2D eigenvalue weighted by atomic mass is 10.1. The molecule has 2 rings (SSSR count). The number of nitrogen functional groups attached to an aromatic ring is 1. The van der Waals surface area contributed by atoms with E-state index in [1.54, 1.807) is 0 Å². The average molecular weight is 349 g/mol. The maximum Gasteiger partial charge on any atom is 0.244 e. The van der Waals surface area contributed by atoms with E-state index in [0.717, 1.165) is 25.9 Å². The number of hydrogen-bond donors (Lipinski definition) is 2. The summed E-state index contributed by atoms with van der Waals surface area (Å²) in [5.41, 5.74) is 5.64. The Hall–Kier alpha value is -0.700. The standard InChI is InChI=1S/C11H17BrN4O2S/c1-16-4-2-9(3-5-16)15-19(17,18)10-6-8(12)7-14-11(10)13/h6-7,9,15H,2-5H2,1H3,(H2,13,14). The number of aromatic nitrogens is 1. The fourth-order valence-electron chi connectivity index (χ4n) is 2.06. The Labute approximate surface area is 121 Å². The molecule has 3 N–H and O–H groups in total. The van der Waals surface area contributed by atoms with Gasteiger partial charge in [0, 0.05) is 16.7 Å². The fraction of sp³-hybridized carbons (Fsp3) is 0.545. The van der Waals surface area contributed by atoms with Gasteiger partial charge in [-0.05, 0) is 55.0 Å². The third kappa shape index (κ3) is 3.65. The molecule has 0 atom stereocenters. The number of piperidine rings is 1. The first kappa shape index (κ1) is 14.7. The van der Waals surface area contributed by atoms with Crippen molar-refractivity contribution < 1.29 is 8.42 Å². The van der Waals surface area contributed by atoms with Gasteiger partial charge in [0.25, 0.3) is 0 Å². The molecule has 1 aliphatic heterocycles. The maximum atomic E-state index is 12.3. The molecular weight excluding hydrogens is 332 g/mol. The number of nitrogens with zero attached hydrogens (tertiary/aromatic N) is 2. The lowest BCUT2D eigenvalue weighted by Gasteiger charge is -2.29. The van der Waals surface area contributed by atoms with Crippen LogP contribution < -0.4 is 10.5 Å². The number of pyridine rings is 1. The van der Waals surface area contributed by atoms with Crippen LogP contribution in [0.2, 0.25) is 0 Å². The topological polar surface area (TPSA) is 88.3 Å². The van der Waals surface area contributed by atoms with Crippen LogP contribution in [-0.4, -0.2) is 44.5 Å². The lowest BCUT2D eigenvalue weighted by Crippen LogP contribution is -2.43. The molecule has 1 aromatic rings. The average Bonchev–Trinajstić information content (AvgIpc) is 2.35. The number of anilines is 1. The third-order valence-corrected chi connectivity index (χ3v) is 5.16. The van der Waals surface area contributed by atoms with E-state index < -0.39 is 10.0 Å². The monoisotopic (exact) mass is 348 g/mol. The summed E-state index contributed by atoms with van der Waals surface area (Å²) in [5, 5.41) is 0. The van der Waals surface area contributed by atoms with Gasteiger partial charge >= 0.3 is 0 Å². The van der Waals surface area contributed by atoms with Gasteiger partial charge in [0.2, 0.25) is 10.0 Å². The highest BCUT2D eigenvalue weighted by Crippen LogP contribution is 2.21. The van der Waals surface area contributed by atoms with Gasteiger partial charge in [-0.2, -0.15) is 0 Å². The molecule has 0 unspecified atom stereocenters. The van der Waals surface area contributed by atoms with Crippen molar-refractivity contribution in [1.82, 2.24) is 14.6 Å². The minimum absolute atomic E-state index is 0.0172. The van der Waals surface area contributed by atoms with E-state index in [0.29, 0.717) is 4.47 Å². The fourth-order valence-corrected chi connectivity index (χ4v) is 3.95. The van der Waals surface area contributed by atoms with Gasteiger partial charge in [-0.15, -0.1) is 0 Å². The molecule has 0 spiro atoms. The number of likely N-dealkylation sites (tertiary alicyclic amines) is 1. The summed E-state index contributed by atoms with van der Waals surface area (Å²) < 4.78 is 27.9. The number of sulfonamides is 1. The molecule has 0 amide bonds. The van der Waals surface area contributed by atoms with E-state index in [-0.39, 0.29) is 16.8 Å². The van der Waals surface area contributed by atoms with Crippen molar-refractivity contribution in [3.63, 3.8) is 0 Å². The lowest BCUT2D eigenvalue weighted by molar-refractivity contribution is 0.248. The highest BCUT2D eigenvalue weighted by molar-refractivity contribution is 9.10.